The molecule has 1 aliphatic rings. The van der Waals surface area contributed by atoms with Crippen LogP contribution in [0.25, 0.3) is 5.70 Å². The Hall–Kier alpha value is -3.35. The van der Waals surface area contributed by atoms with Crippen molar-refractivity contribution in [1.82, 2.24) is 14.8 Å². The van der Waals surface area contributed by atoms with Crippen molar-refractivity contribution < 1.29 is 13.9 Å². The zero-order valence-corrected chi connectivity index (χ0v) is 14.3. The second-order valence-corrected chi connectivity index (χ2v) is 5.80. The van der Waals surface area contributed by atoms with Crippen molar-refractivity contribution in [2.24, 2.45) is 0 Å². The molecule has 6 nitrogen and oxygen atoms in total. The average Bonchev–Trinajstić information content (AvgIpc) is 3.16. The minimum absolute atomic E-state index is 0.212. The Morgan fingerprint density at radius 3 is 2.62 bits per heavy atom. The number of methoxy groups -OCH3 is 2. The van der Waals surface area contributed by atoms with Gasteiger partial charge in [-0.3, -0.25) is 0 Å². The van der Waals surface area contributed by atoms with E-state index in [-0.39, 0.29) is 11.9 Å². The first-order chi connectivity index (χ1) is 12.7. The number of hydrogen-bond donors (Lipinski definition) is 1. The summed E-state index contributed by atoms with van der Waals surface area (Å²) in [7, 11) is 3.22. The first kappa shape index (κ1) is 16.1. The van der Waals surface area contributed by atoms with Gasteiger partial charge in [0, 0.05) is 11.6 Å². The van der Waals surface area contributed by atoms with E-state index in [4.69, 9.17) is 9.47 Å². The van der Waals surface area contributed by atoms with E-state index in [2.05, 4.69) is 15.4 Å². The van der Waals surface area contributed by atoms with Crippen LogP contribution in [0.2, 0.25) is 0 Å². The predicted octanol–water partition coefficient (Wildman–Crippen LogP) is 3.49. The third-order valence-corrected chi connectivity index (χ3v) is 4.32. The van der Waals surface area contributed by atoms with Crippen LogP contribution in [0.5, 0.6) is 11.5 Å². The van der Waals surface area contributed by atoms with Gasteiger partial charge in [-0.15, -0.1) is 0 Å². The van der Waals surface area contributed by atoms with Crippen LogP contribution >= 0.6 is 0 Å². The third kappa shape index (κ3) is 2.77. The minimum Gasteiger partial charge on any atom is -0.497 e. The first-order valence-corrected chi connectivity index (χ1v) is 8.06. The highest BCUT2D eigenvalue weighted by atomic mass is 19.1. The fourth-order valence-corrected chi connectivity index (χ4v) is 3.01. The average molecular weight is 352 g/mol. The van der Waals surface area contributed by atoms with Crippen molar-refractivity contribution >= 4 is 11.6 Å². The molecule has 0 radical (unpaired) electrons. The van der Waals surface area contributed by atoms with Gasteiger partial charge in [-0.05, 0) is 35.9 Å². The highest BCUT2D eigenvalue weighted by molar-refractivity contribution is 5.80. The molecular weight excluding hydrogens is 335 g/mol. The summed E-state index contributed by atoms with van der Waals surface area (Å²) in [6.07, 6.45) is 3.50. The van der Waals surface area contributed by atoms with E-state index in [1.54, 1.807) is 31.0 Å². The SMILES string of the molecule is COc1ccc(C2=CC(c3ccc(F)cc3)n3ncnc3N2)c(OC)c1. The van der Waals surface area contributed by atoms with Crippen LogP contribution in [0.1, 0.15) is 17.2 Å². The Bertz CT molecular complexity index is 966. The fourth-order valence-electron chi connectivity index (χ4n) is 3.01. The van der Waals surface area contributed by atoms with Gasteiger partial charge in [-0.1, -0.05) is 12.1 Å². The molecule has 0 aliphatic carbocycles. The lowest BCUT2D eigenvalue weighted by Crippen LogP contribution is -2.20. The molecule has 0 fully saturated rings. The molecule has 2 aromatic carbocycles. The lowest BCUT2D eigenvalue weighted by atomic mass is 10.0. The highest BCUT2D eigenvalue weighted by Crippen LogP contribution is 2.36. The number of aromatic nitrogens is 3. The number of nitrogens with zero attached hydrogens (tertiary/aromatic N) is 3. The number of hydrogen-bond acceptors (Lipinski definition) is 5. The van der Waals surface area contributed by atoms with Crippen LogP contribution in [0.3, 0.4) is 0 Å². The molecule has 1 N–H and O–H groups in total. The van der Waals surface area contributed by atoms with Crippen LogP contribution in [0.15, 0.2) is 54.9 Å². The van der Waals surface area contributed by atoms with Crippen LogP contribution in [0, 0.1) is 5.82 Å². The van der Waals surface area contributed by atoms with E-state index in [9.17, 15) is 4.39 Å². The van der Waals surface area contributed by atoms with Gasteiger partial charge in [0.05, 0.1) is 19.9 Å². The standard InChI is InChI=1S/C19H17FN4O2/c1-25-14-7-8-15(18(9-14)26-2)16-10-17(12-3-5-13(20)6-4-12)24-19(23-16)21-11-22-24/h3-11,17H,1-2H3,(H,21,22,23). The normalized spacial score (nSPS) is 15.7. The largest absolute Gasteiger partial charge is 0.497 e. The molecule has 0 amide bonds. The summed E-state index contributed by atoms with van der Waals surface area (Å²) in [5.74, 6) is 1.71. The topological polar surface area (TPSA) is 61.2 Å². The van der Waals surface area contributed by atoms with Crippen LogP contribution < -0.4 is 14.8 Å². The molecule has 0 spiro atoms. The number of benzene rings is 2. The Morgan fingerprint density at radius 2 is 1.88 bits per heavy atom. The molecule has 1 unspecified atom stereocenters. The van der Waals surface area contributed by atoms with Gasteiger partial charge >= 0.3 is 0 Å². The molecule has 0 saturated carbocycles. The van der Waals surface area contributed by atoms with Crippen molar-refractivity contribution in [2.75, 3.05) is 19.5 Å². The fraction of sp³-hybridized carbons (Fsp3) is 0.158. The van der Waals surface area contributed by atoms with Crippen molar-refractivity contribution in [1.29, 1.82) is 0 Å². The van der Waals surface area contributed by atoms with Crippen LogP contribution in [-0.4, -0.2) is 29.0 Å². The smallest absolute Gasteiger partial charge is 0.226 e. The lowest BCUT2D eigenvalue weighted by Gasteiger charge is -2.25. The maximum Gasteiger partial charge on any atom is 0.226 e. The zero-order chi connectivity index (χ0) is 18.1. The lowest BCUT2D eigenvalue weighted by molar-refractivity contribution is 0.393. The summed E-state index contributed by atoms with van der Waals surface area (Å²) in [6, 6.07) is 11.8. The summed E-state index contributed by atoms with van der Waals surface area (Å²) in [6.45, 7) is 0. The molecule has 1 aromatic heterocycles. The Morgan fingerprint density at radius 1 is 1.08 bits per heavy atom. The molecule has 4 rings (SSSR count). The van der Waals surface area contributed by atoms with E-state index in [1.807, 2.05) is 24.3 Å². The molecule has 26 heavy (non-hydrogen) atoms. The van der Waals surface area contributed by atoms with Gasteiger partial charge in [-0.2, -0.15) is 10.1 Å². The number of halogens is 1. The van der Waals surface area contributed by atoms with Crippen LogP contribution in [0.4, 0.5) is 10.3 Å². The predicted molar refractivity (Wildman–Crippen MR) is 95.7 cm³/mol. The van der Waals surface area contributed by atoms with Gasteiger partial charge < -0.3 is 14.8 Å². The number of rotatable bonds is 4. The summed E-state index contributed by atoms with van der Waals surface area (Å²) in [5, 5.41) is 7.56. The van der Waals surface area contributed by atoms with Gasteiger partial charge in [0.1, 0.15) is 29.7 Å². The van der Waals surface area contributed by atoms with Crippen LogP contribution in [-0.2, 0) is 0 Å². The Balaban J connectivity index is 1.81. The number of fused-ring (bicyclic) bond motifs is 1. The summed E-state index contributed by atoms with van der Waals surface area (Å²) in [5.41, 5.74) is 2.61. The summed E-state index contributed by atoms with van der Waals surface area (Å²) >= 11 is 0. The minimum atomic E-state index is -0.275. The van der Waals surface area contributed by atoms with E-state index in [0.717, 1.165) is 16.8 Å². The van der Waals surface area contributed by atoms with Gasteiger partial charge in [0.15, 0.2) is 0 Å². The third-order valence-electron chi connectivity index (χ3n) is 4.32. The maximum absolute atomic E-state index is 13.3. The van der Waals surface area contributed by atoms with Crippen molar-refractivity contribution in [3.8, 4) is 11.5 Å². The Kier molecular flexibility index (Phi) is 4.04. The van der Waals surface area contributed by atoms with Gasteiger partial charge in [-0.25, -0.2) is 9.07 Å². The molecule has 0 saturated heterocycles. The van der Waals surface area contributed by atoms with E-state index in [1.165, 1.54) is 18.5 Å². The number of ether oxygens (including phenoxy) is 2. The first-order valence-electron chi connectivity index (χ1n) is 8.06. The summed E-state index contributed by atoms with van der Waals surface area (Å²) < 4.78 is 25.8. The Labute approximate surface area is 149 Å². The summed E-state index contributed by atoms with van der Waals surface area (Å²) in [4.78, 5) is 4.28. The van der Waals surface area contributed by atoms with E-state index >= 15 is 0 Å². The number of nitrogens with one attached hydrogen (secondary N) is 1. The quantitative estimate of drug-likeness (QED) is 0.779. The second-order valence-electron chi connectivity index (χ2n) is 5.80. The molecule has 0 bridgehead atoms. The maximum atomic E-state index is 13.3. The molecule has 1 atom stereocenters. The molecule has 1 aliphatic heterocycles. The molecule has 2 heterocycles. The van der Waals surface area contributed by atoms with Gasteiger partial charge in [0.2, 0.25) is 5.95 Å². The number of anilines is 1. The van der Waals surface area contributed by atoms with Gasteiger partial charge in [0.25, 0.3) is 0 Å². The molecule has 3 aromatic rings. The molecule has 132 valence electrons. The van der Waals surface area contributed by atoms with E-state index < -0.39 is 0 Å². The monoisotopic (exact) mass is 352 g/mol. The zero-order valence-electron chi connectivity index (χ0n) is 14.3. The number of allylic oxidation sites excluding steroid dienone is 1. The molecular formula is C19H17FN4O2. The molecule has 7 heteroatoms. The highest BCUT2D eigenvalue weighted by Gasteiger charge is 2.24. The van der Waals surface area contributed by atoms with Crippen molar-refractivity contribution in [3.05, 3.63) is 71.8 Å². The van der Waals surface area contributed by atoms with Crippen molar-refractivity contribution in [3.63, 3.8) is 0 Å². The van der Waals surface area contributed by atoms with Crippen molar-refractivity contribution in [2.45, 2.75) is 6.04 Å². The van der Waals surface area contributed by atoms with E-state index in [0.29, 0.717) is 17.4 Å². The second kappa shape index (κ2) is 6.51.